The van der Waals surface area contributed by atoms with Gasteiger partial charge in [0.05, 0.1) is 5.92 Å². The summed E-state index contributed by atoms with van der Waals surface area (Å²) in [6.07, 6.45) is 19.6. The molecule has 1 heterocycles. The molecule has 2 aliphatic carbocycles. The summed E-state index contributed by atoms with van der Waals surface area (Å²) in [6, 6.07) is 0. The minimum absolute atomic E-state index is 0. The van der Waals surface area contributed by atoms with E-state index in [1.807, 2.05) is 57.8 Å². The average Bonchev–Trinajstić information content (AvgIpc) is 3.40. The van der Waals surface area contributed by atoms with E-state index in [2.05, 4.69) is 15.1 Å². The van der Waals surface area contributed by atoms with Crippen molar-refractivity contribution in [3.05, 3.63) is 63.7 Å². The van der Waals surface area contributed by atoms with Crippen LogP contribution in [0.1, 0.15) is 12.8 Å². The van der Waals surface area contributed by atoms with Crippen molar-refractivity contribution in [3.63, 3.8) is 0 Å². The van der Waals surface area contributed by atoms with Crippen molar-refractivity contribution in [3.8, 4) is 0 Å². The van der Waals surface area contributed by atoms with Crippen LogP contribution in [0.4, 0.5) is 0 Å². The molecule has 1 saturated heterocycles. The van der Waals surface area contributed by atoms with Gasteiger partial charge in [0.1, 0.15) is 0 Å². The second-order valence-corrected chi connectivity index (χ2v) is 6.57. The summed E-state index contributed by atoms with van der Waals surface area (Å²) in [5.41, 5.74) is 5.54. The van der Waals surface area contributed by atoms with E-state index in [0.717, 1.165) is 71.1 Å². The fourth-order valence-electron chi connectivity index (χ4n) is 3.00. The molecule has 2 saturated carbocycles. The van der Waals surface area contributed by atoms with Crippen molar-refractivity contribution in [1.29, 1.82) is 0 Å². The third-order valence-corrected chi connectivity index (χ3v) is 4.56. The van der Waals surface area contributed by atoms with Gasteiger partial charge in [0.25, 0.3) is 0 Å². The number of hydrogen-bond acceptors (Lipinski definition) is 4. The maximum Gasteiger partial charge on any atom is 2.00 e. The van der Waals surface area contributed by atoms with Crippen LogP contribution < -0.4 is 11.1 Å². The molecule has 0 unspecified atom stereocenters. The molecule has 0 aromatic carbocycles. The number of nitrogens with two attached hydrogens (primary N) is 1. The second-order valence-electron chi connectivity index (χ2n) is 6.57. The van der Waals surface area contributed by atoms with Crippen LogP contribution in [0, 0.1) is 63.7 Å². The van der Waals surface area contributed by atoms with Gasteiger partial charge in [0.15, 0.2) is 0 Å². The topological polar surface area (TPSA) is 61.6 Å². The average molecular weight is 412 g/mol. The third-order valence-electron chi connectivity index (χ3n) is 4.56. The molecule has 1 amide bonds. The number of nitrogens with zero attached hydrogens (tertiary/aromatic N) is 2. The van der Waals surface area contributed by atoms with Crippen LogP contribution in [0.3, 0.4) is 0 Å². The first-order chi connectivity index (χ1) is 12.8. The van der Waals surface area contributed by atoms with E-state index < -0.39 is 0 Å². The zero-order valence-corrected chi connectivity index (χ0v) is 17.1. The Kier molecular flexibility index (Phi) is 14.5. The van der Waals surface area contributed by atoms with Gasteiger partial charge in [0, 0.05) is 32.7 Å². The van der Waals surface area contributed by atoms with E-state index in [1.54, 1.807) is 0 Å². The van der Waals surface area contributed by atoms with Crippen molar-refractivity contribution in [2.45, 2.75) is 12.8 Å². The molecule has 5 nitrogen and oxygen atoms in total. The summed E-state index contributed by atoms with van der Waals surface area (Å²) in [7, 11) is 0. The summed E-state index contributed by atoms with van der Waals surface area (Å²) in [6.45, 7) is 8.25. The van der Waals surface area contributed by atoms with Crippen LogP contribution in [0.15, 0.2) is 0 Å². The smallest absolute Gasteiger partial charge is 0.356 e. The normalized spacial score (nSPS) is 21.4. The Morgan fingerprint density at radius 3 is 1.81 bits per heavy atom. The number of amides is 1. The molecule has 0 aromatic heterocycles. The van der Waals surface area contributed by atoms with Crippen LogP contribution in [-0.4, -0.2) is 68.1 Å². The molecular formula is C21H32FeN4O+2. The zero-order valence-electron chi connectivity index (χ0n) is 16.0. The molecule has 3 fully saturated rings. The van der Waals surface area contributed by atoms with Gasteiger partial charge < -0.3 is 20.9 Å². The second kappa shape index (κ2) is 15.8. The molecule has 3 aliphatic rings. The van der Waals surface area contributed by atoms with Gasteiger partial charge in [0.2, 0.25) is 5.91 Å². The Morgan fingerprint density at radius 1 is 0.852 bits per heavy atom. The van der Waals surface area contributed by atoms with Crippen LogP contribution in [0.25, 0.3) is 0 Å². The van der Waals surface area contributed by atoms with Gasteiger partial charge >= 0.3 is 17.1 Å². The molecule has 148 valence electrons. The molecule has 0 atom stereocenters. The predicted octanol–water partition coefficient (Wildman–Crippen LogP) is 0.883. The molecule has 0 spiro atoms. The van der Waals surface area contributed by atoms with E-state index in [0.29, 0.717) is 0 Å². The number of piperazine rings is 1. The van der Waals surface area contributed by atoms with Gasteiger partial charge in [-0.1, -0.05) is 0 Å². The molecule has 10 radical (unpaired) electrons. The number of hydrogen-bond donors (Lipinski definition) is 2. The Labute approximate surface area is 177 Å². The third kappa shape index (κ3) is 10.8. The molecule has 0 bridgehead atoms. The van der Waals surface area contributed by atoms with Gasteiger partial charge in [-0.3, -0.25) is 4.79 Å². The van der Waals surface area contributed by atoms with Crippen molar-refractivity contribution in [1.82, 2.24) is 15.1 Å². The molecule has 0 aromatic rings. The Morgan fingerprint density at radius 2 is 1.33 bits per heavy atom. The summed E-state index contributed by atoms with van der Waals surface area (Å²) in [5, 5.41) is 2.97. The van der Waals surface area contributed by atoms with Gasteiger partial charge in [-0.25, -0.2) is 0 Å². The fraction of sp³-hybridized carbons (Fsp3) is 0.476. The van der Waals surface area contributed by atoms with Gasteiger partial charge in [-0.05, 0) is 90.3 Å². The summed E-state index contributed by atoms with van der Waals surface area (Å²) in [4.78, 5) is 16.7. The molecule has 6 heteroatoms. The number of carbonyl (C=O) groups is 1. The molecule has 27 heavy (non-hydrogen) atoms. The Hall–Kier alpha value is -0.131. The minimum atomic E-state index is 0. The summed E-state index contributed by atoms with van der Waals surface area (Å²) < 4.78 is 0. The molecule has 1 aliphatic heterocycles. The zero-order chi connectivity index (χ0) is 18.5. The van der Waals surface area contributed by atoms with Crippen LogP contribution >= 0.6 is 0 Å². The quantitative estimate of drug-likeness (QED) is 0.459. The molecular weight excluding hydrogens is 380 g/mol. The van der Waals surface area contributed by atoms with Crippen molar-refractivity contribution < 1.29 is 21.9 Å². The maximum absolute atomic E-state index is 11.8. The minimum Gasteiger partial charge on any atom is -0.356 e. The number of nitrogens with one attached hydrogen (secondary N) is 1. The first-order valence-corrected chi connectivity index (χ1v) is 9.61. The van der Waals surface area contributed by atoms with Gasteiger partial charge in [-0.15, -0.1) is 0 Å². The van der Waals surface area contributed by atoms with Crippen LogP contribution in [0.2, 0.25) is 0 Å². The molecule has 3 N–H and O–H groups in total. The van der Waals surface area contributed by atoms with E-state index in [-0.39, 0.29) is 23.0 Å². The van der Waals surface area contributed by atoms with Crippen molar-refractivity contribution in [2.24, 2.45) is 5.73 Å². The van der Waals surface area contributed by atoms with Gasteiger partial charge in [-0.2, -0.15) is 0 Å². The monoisotopic (exact) mass is 412 g/mol. The van der Waals surface area contributed by atoms with E-state index in [4.69, 9.17) is 5.73 Å². The number of carbonyl (C=O) groups excluding carboxylic acids is 1. The first kappa shape index (κ1) is 24.9. The van der Waals surface area contributed by atoms with E-state index in [9.17, 15) is 4.79 Å². The number of rotatable bonds is 8. The van der Waals surface area contributed by atoms with Crippen LogP contribution in [-0.2, 0) is 21.9 Å². The predicted molar refractivity (Wildman–Crippen MR) is 106 cm³/mol. The molecule has 3 rings (SSSR count). The maximum atomic E-state index is 11.8. The van der Waals surface area contributed by atoms with E-state index in [1.165, 1.54) is 0 Å². The fourth-order valence-corrected chi connectivity index (χ4v) is 3.00. The first-order valence-electron chi connectivity index (χ1n) is 9.61. The van der Waals surface area contributed by atoms with Crippen molar-refractivity contribution in [2.75, 3.05) is 52.4 Å². The standard InChI is InChI=1S/C16H27N4O.C5H5.Fe/c17-7-3-9-19-11-13-20(14-12-19)10-4-8-18-16(21)15-5-1-2-6-15;1-2-4-5-3-1;/h1-2,5-6H,3-4,7-14,17H2,(H,18,21);1-5H;/q;;+2. The van der Waals surface area contributed by atoms with Crippen molar-refractivity contribution >= 4 is 5.91 Å². The summed E-state index contributed by atoms with van der Waals surface area (Å²) >= 11 is 0. The Balaban J connectivity index is 0.000000526. The SMILES string of the molecule is NCCCN1CCN(CCCNC(=O)[C]2[CH][CH][CH][CH]2)CC1.[CH]1[CH][CH][CH][CH]1.[Fe+2]. The summed E-state index contributed by atoms with van der Waals surface area (Å²) in [5.74, 6) is 0.787. The van der Waals surface area contributed by atoms with E-state index >= 15 is 0 Å². The van der Waals surface area contributed by atoms with Crippen LogP contribution in [0.5, 0.6) is 0 Å². The largest absolute Gasteiger partial charge is 2.00 e. The Bertz CT molecular complexity index is 358.